The quantitative estimate of drug-likeness (QED) is 0.614. The van der Waals surface area contributed by atoms with Crippen LogP contribution >= 0.6 is 22.9 Å². The first-order valence-corrected chi connectivity index (χ1v) is 9.12. The van der Waals surface area contributed by atoms with Crippen molar-refractivity contribution in [2.45, 2.75) is 35.6 Å². The molecule has 0 amide bonds. The van der Waals surface area contributed by atoms with Crippen molar-refractivity contribution in [3.05, 3.63) is 20.5 Å². The third-order valence-corrected chi connectivity index (χ3v) is 7.55. The van der Waals surface area contributed by atoms with Gasteiger partial charge in [0.05, 0.1) is 23.7 Å². The largest absolute Gasteiger partial charge is 0.375 e. The Labute approximate surface area is 130 Å². The molecule has 2 heterocycles. The molecular weight excluding hydrogens is 340 g/mol. The number of ether oxygens (including phenoxy) is 1. The van der Waals surface area contributed by atoms with Gasteiger partial charge in [-0.2, -0.15) is 4.31 Å². The molecule has 0 aromatic carbocycles. The zero-order chi connectivity index (χ0) is 15.2. The highest BCUT2D eigenvalue weighted by Crippen LogP contribution is 2.40. The average Bonchev–Trinajstić information content (AvgIpc) is 3.03. The molecule has 1 saturated carbocycles. The van der Waals surface area contributed by atoms with Gasteiger partial charge in [0, 0.05) is 12.6 Å². The summed E-state index contributed by atoms with van der Waals surface area (Å²) >= 11 is 6.50. The Bertz CT molecular complexity index is 674. The fourth-order valence-corrected chi connectivity index (χ4v) is 6.35. The number of nitro groups is 1. The maximum Gasteiger partial charge on any atom is 0.300 e. The van der Waals surface area contributed by atoms with Crippen LogP contribution in [0.15, 0.2) is 10.3 Å². The van der Waals surface area contributed by atoms with Gasteiger partial charge < -0.3 is 4.74 Å². The second-order valence-electron chi connectivity index (χ2n) is 5.00. The van der Waals surface area contributed by atoms with Crippen molar-refractivity contribution >= 4 is 38.6 Å². The predicted molar refractivity (Wildman–Crippen MR) is 77.3 cm³/mol. The molecule has 2 fully saturated rings. The van der Waals surface area contributed by atoms with E-state index in [0.29, 0.717) is 6.61 Å². The number of hydrogen-bond acceptors (Lipinski definition) is 6. The van der Waals surface area contributed by atoms with Crippen LogP contribution in [-0.4, -0.2) is 42.9 Å². The van der Waals surface area contributed by atoms with Gasteiger partial charge in [-0.3, -0.25) is 10.1 Å². The summed E-state index contributed by atoms with van der Waals surface area (Å²) in [5.41, 5.74) is -0.364. The van der Waals surface area contributed by atoms with E-state index in [0.717, 1.165) is 36.7 Å². The molecule has 116 valence electrons. The topological polar surface area (TPSA) is 89.8 Å². The Hall–Kier alpha value is -0.740. The molecule has 1 aromatic heterocycles. The van der Waals surface area contributed by atoms with E-state index in [4.69, 9.17) is 16.3 Å². The average molecular weight is 353 g/mol. The summed E-state index contributed by atoms with van der Waals surface area (Å²) in [5, 5.41) is 10.8. The molecule has 1 aromatic rings. The predicted octanol–water partition coefficient (Wildman–Crippen LogP) is 2.25. The zero-order valence-electron chi connectivity index (χ0n) is 10.9. The second kappa shape index (κ2) is 5.47. The number of rotatable bonds is 3. The van der Waals surface area contributed by atoms with Crippen molar-refractivity contribution in [3.8, 4) is 0 Å². The number of hydrogen-bond donors (Lipinski definition) is 0. The van der Waals surface area contributed by atoms with Crippen LogP contribution in [0.2, 0.25) is 4.34 Å². The van der Waals surface area contributed by atoms with E-state index in [-0.39, 0.29) is 32.9 Å². The van der Waals surface area contributed by atoms with E-state index in [9.17, 15) is 18.5 Å². The summed E-state index contributed by atoms with van der Waals surface area (Å²) in [7, 11) is -3.77. The second-order valence-corrected chi connectivity index (χ2v) is 8.78. The van der Waals surface area contributed by atoms with E-state index in [1.54, 1.807) is 0 Å². The van der Waals surface area contributed by atoms with Crippen LogP contribution in [0.4, 0.5) is 5.69 Å². The van der Waals surface area contributed by atoms with E-state index in [1.807, 2.05) is 0 Å². The molecule has 1 aliphatic heterocycles. The van der Waals surface area contributed by atoms with Gasteiger partial charge in [0.1, 0.15) is 4.21 Å². The van der Waals surface area contributed by atoms with Crippen LogP contribution in [0.5, 0.6) is 0 Å². The fraction of sp³-hybridized carbons (Fsp3) is 0.636. The lowest BCUT2D eigenvalue weighted by atomic mass is 10.2. The van der Waals surface area contributed by atoms with Crippen molar-refractivity contribution in [2.24, 2.45) is 0 Å². The lowest BCUT2D eigenvalue weighted by Crippen LogP contribution is -2.50. The highest BCUT2D eigenvalue weighted by molar-refractivity contribution is 7.91. The Morgan fingerprint density at radius 3 is 2.90 bits per heavy atom. The van der Waals surface area contributed by atoms with Crippen LogP contribution in [0, 0.1) is 10.1 Å². The maximum atomic E-state index is 12.7. The molecule has 2 unspecified atom stereocenters. The molecule has 7 nitrogen and oxygen atoms in total. The molecule has 0 N–H and O–H groups in total. The summed E-state index contributed by atoms with van der Waals surface area (Å²) in [6, 6.07) is 0.866. The number of nitrogens with zero attached hydrogens (tertiary/aromatic N) is 2. The summed E-state index contributed by atoms with van der Waals surface area (Å²) < 4.78 is 32.3. The normalized spacial score (nSPS) is 26.7. The minimum absolute atomic E-state index is 0.0704. The molecule has 0 radical (unpaired) electrons. The van der Waals surface area contributed by atoms with Gasteiger partial charge in [0.25, 0.3) is 15.7 Å². The van der Waals surface area contributed by atoms with Gasteiger partial charge in [-0.05, 0) is 19.3 Å². The Balaban J connectivity index is 1.96. The van der Waals surface area contributed by atoms with Crippen LogP contribution in [0.25, 0.3) is 0 Å². The first-order valence-electron chi connectivity index (χ1n) is 6.48. The first kappa shape index (κ1) is 15.2. The summed E-state index contributed by atoms with van der Waals surface area (Å²) in [6.45, 7) is 0.619. The highest BCUT2D eigenvalue weighted by atomic mass is 35.5. The van der Waals surface area contributed by atoms with E-state index < -0.39 is 14.9 Å². The molecule has 0 spiro atoms. The Morgan fingerprint density at radius 2 is 2.24 bits per heavy atom. The molecule has 0 bridgehead atoms. The summed E-state index contributed by atoms with van der Waals surface area (Å²) in [4.78, 5) is 10.1. The first-order chi connectivity index (χ1) is 9.91. The zero-order valence-corrected chi connectivity index (χ0v) is 13.3. The van der Waals surface area contributed by atoms with Crippen molar-refractivity contribution in [2.75, 3.05) is 13.2 Å². The minimum Gasteiger partial charge on any atom is -0.375 e. The van der Waals surface area contributed by atoms with Crippen LogP contribution < -0.4 is 0 Å². The number of fused-ring (bicyclic) bond motifs is 1. The number of thiophene rings is 1. The van der Waals surface area contributed by atoms with Crippen LogP contribution in [0.1, 0.15) is 19.3 Å². The van der Waals surface area contributed by atoms with Crippen LogP contribution in [0.3, 0.4) is 0 Å². The van der Waals surface area contributed by atoms with Crippen molar-refractivity contribution < 1.29 is 18.1 Å². The van der Waals surface area contributed by atoms with Crippen LogP contribution in [-0.2, 0) is 14.8 Å². The standard InChI is InChI=1S/C11H13ClN2O5S2/c12-11-8(14(15)16)6-10(20-11)21(17,18)13-4-5-19-9-3-1-2-7(9)13/h6-7,9H,1-5H2. The van der Waals surface area contributed by atoms with Gasteiger partial charge in [-0.25, -0.2) is 8.42 Å². The Morgan fingerprint density at radius 1 is 1.48 bits per heavy atom. The number of halogens is 1. The lowest BCUT2D eigenvalue weighted by Gasteiger charge is -2.36. The molecule has 3 rings (SSSR count). The molecule has 2 aliphatic rings. The maximum absolute atomic E-state index is 12.7. The van der Waals surface area contributed by atoms with Gasteiger partial charge in [0.15, 0.2) is 4.34 Å². The third-order valence-electron chi connectivity index (χ3n) is 3.84. The molecule has 1 aliphatic carbocycles. The fourth-order valence-electron chi connectivity index (χ4n) is 2.89. The van der Waals surface area contributed by atoms with Gasteiger partial charge in [-0.15, -0.1) is 11.3 Å². The van der Waals surface area contributed by atoms with Crippen molar-refractivity contribution in [3.63, 3.8) is 0 Å². The number of sulfonamides is 1. The van der Waals surface area contributed by atoms with Gasteiger partial charge >= 0.3 is 0 Å². The highest BCUT2D eigenvalue weighted by Gasteiger charge is 2.43. The van der Waals surface area contributed by atoms with Crippen molar-refractivity contribution in [1.29, 1.82) is 0 Å². The molecule has 2 atom stereocenters. The minimum atomic E-state index is -3.77. The Kier molecular flexibility index (Phi) is 3.95. The lowest BCUT2D eigenvalue weighted by molar-refractivity contribution is -0.384. The third kappa shape index (κ3) is 2.57. The molecule has 1 saturated heterocycles. The SMILES string of the molecule is O=[N+]([O-])c1cc(S(=O)(=O)N2CCOC3CCCC32)sc1Cl. The van der Waals surface area contributed by atoms with Gasteiger partial charge in [-0.1, -0.05) is 11.6 Å². The molecule has 10 heteroatoms. The smallest absolute Gasteiger partial charge is 0.300 e. The van der Waals surface area contributed by atoms with Crippen molar-refractivity contribution in [1.82, 2.24) is 4.31 Å². The monoisotopic (exact) mass is 352 g/mol. The molecule has 21 heavy (non-hydrogen) atoms. The van der Waals surface area contributed by atoms with E-state index in [2.05, 4.69) is 0 Å². The molecular formula is C11H13ClN2O5S2. The van der Waals surface area contributed by atoms with Gasteiger partial charge in [0.2, 0.25) is 0 Å². The van der Waals surface area contributed by atoms with E-state index >= 15 is 0 Å². The summed E-state index contributed by atoms with van der Waals surface area (Å²) in [6.07, 6.45) is 2.46. The summed E-state index contributed by atoms with van der Waals surface area (Å²) in [5.74, 6) is 0. The number of morpholine rings is 1. The van der Waals surface area contributed by atoms with E-state index in [1.165, 1.54) is 4.31 Å².